The monoisotopic (exact) mass is 520 g/mol. The fourth-order valence-electron chi connectivity index (χ4n) is 5.68. The van der Waals surface area contributed by atoms with Crippen molar-refractivity contribution >= 4 is 17.1 Å². The van der Waals surface area contributed by atoms with Crippen LogP contribution in [0.4, 0.5) is 17.1 Å². The second-order valence-corrected chi connectivity index (χ2v) is 9.79. The minimum absolute atomic E-state index is 0.869. The van der Waals surface area contributed by atoms with Crippen molar-refractivity contribution in [2.45, 2.75) is 26.9 Å². The molecule has 0 fully saturated rings. The molecule has 0 radical (unpaired) electrons. The van der Waals surface area contributed by atoms with E-state index in [1.54, 1.807) is 0 Å². The van der Waals surface area contributed by atoms with Gasteiger partial charge in [0.15, 0.2) is 11.4 Å². The molecule has 1 heterocycles. The van der Waals surface area contributed by atoms with Crippen molar-refractivity contribution in [2.24, 2.45) is 0 Å². The van der Waals surface area contributed by atoms with Crippen molar-refractivity contribution in [3.63, 3.8) is 0 Å². The summed E-state index contributed by atoms with van der Waals surface area (Å²) < 4.78 is 4.95. The van der Waals surface area contributed by atoms with E-state index in [0.29, 0.717) is 0 Å². The molecule has 6 aromatic rings. The molecule has 0 saturated carbocycles. The Morgan fingerprint density at radius 1 is 0.500 bits per heavy atom. The van der Waals surface area contributed by atoms with Crippen molar-refractivity contribution in [1.82, 2.24) is 4.57 Å². The molecular weight excluding hydrogens is 486 g/mol. The zero-order valence-corrected chi connectivity index (χ0v) is 23.1. The highest BCUT2D eigenvalue weighted by Crippen LogP contribution is 2.38. The van der Waals surface area contributed by atoms with Crippen LogP contribution in [-0.2, 0) is 13.1 Å². The molecule has 0 aliphatic carbocycles. The zero-order chi connectivity index (χ0) is 27.3. The van der Waals surface area contributed by atoms with Gasteiger partial charge in [-0.3, -0.25) is 0 Å². The number of aromatic nitrogens is 2. The van der Waals surface area contributed by atoms with Crippen LogP contribution >= 0.6 is 0 Å². The van der Waals surface area contributed by atoms with Crippen LogP contribution in [0.5, 0.6) is 0 Å². The molecule has 5 aromatic carbocycles. The van der Waals surface area contributed by atoms with E-state index in [2.05, 4.69) is 173 Å². The van der Waals surface area contributed by atoms with Gasteiger partial charge in [0.2, 0.25) is 0 Å². The third-order valence-electron chi connectivity index (χ3n) is 7.41. The van der Waals surface area contributed by atoms with Gasteiger partial charge in [-0.25, -0.2) is 9.13 Å². The summed E-state index contributed by atoms with van der Waals surface area (Å²) >= 11 is 0. The van der Waals surface area contributed by atoms with E-state index in [1.165, 1.54) is 33.9 Å². The number of hydrogen-bond donors (Lipinski definition) is 0. The molecule has 0 unspecified atom stereocenters. The minimum atomic E-state index is 0.869. The number of benzene rings is 5. The average molecular weight is 521 g/mol. The lowest BCUT2D eigenvalue weighted by atomic mass is 10.0. The first-order valence-corrected chi connectivity index (χ1v) is 14.1. The summed E-state index contributed by atoms with van der Waals surface area (Å²) in [6, 6.07) is 51.7. The third kappa shape index (κ3) is 4.71. The fraction of sp³-hybridized carbons (Fsp3) is 0.108. The quantitative estimate of drug-likeness (QED) is 0.182. The van der Waals surface area contributed by atoms with Crippen LogP contribution in [0.1, 0.15) is 13.8 Å². The smallest absolute Gasteiger partial charge is 0.289 e. The molecule has 3 nitrogen and oxygen atoms in total. The number of nitrogens with zero attached hydrogens (tertiary/aromatic N) is 3. The predicted molar refractivity (Wildman–Crippen MR) is 167 cm³/mol. The maximum Gasteiger partial charge on any atom is 0.289 e. The molecule has 6 rings (SSSR count). The molecule has 0 atom stereocenters. The highest BCUT2D eigenvalue weighted by atomic mass is 15.2. The lowest BCUT2D eigenvalue weighted by Crippen LogP contribution is -2.36. The van der Waals surface area contributed by atoms with E-state index >= 15 is 0 Å². The van der Waals surface area contributed by atoms with Gasteiger partial charge in [0.25, 0.3) is 5.82 Å². The van der Waals surface area contributed by atoms with Gasteiger partial charge in [0.05, 0.1) is 18.7 Å². The summed E-state index contributed by atoms with van der Waals surface area (Å²) in [5.41, 5.74) is 9.58. The number of para-hydroxylation sites is 2. The highest BCUT2D eigenvalue weighted by Gasteiger charge is 2.32. The minimum Gasteiger partial charge on any atom is -0.311 e. The van der Waals surface area contributed by atoms with Crippen molar-refractivity contribution in [1.29, 1.82) is 0 Å². The van der Waals surface area contributed by atoms with Gasteiger partial charge in [0.1, 0.15) is 0 Å². The van der Waals surface area contributed by atoms with Gasteiger partial charge >= 0.3 is 0 Å². The van der Waals surface area contributed by atoms with Crippen LogP contribution in [0.2, 0.25) is 0 Å². The largest absolute Gasteiger partial charge is 0.311 e. The van der Waals surface area contributed by atoms with Gasteiger partial charge in [-0.1, -0.05) is 97.1 Å². The number of anilines is 3. The van der Waals surface area contributed by atoms with Crippen molar-refractivity contribution in [2.75, 3.05) is 4.90 Å². The van der Waals surface area contributed by atoms with Gasteiger partial charge in [0, 0.05) is 28.2 Å². The van der Waals surface area contributed by atoms with Crippen LogP contribution < -0.4 is 9.47 Å². The fourth-order valence-corrected chi connectivity index (χ4v) is 5.68. The highest BCUT2D eigenvalue weighted by molar-refractivity contribution is 5.80. The second-order valence-electron chi connectivity index (χ2n) is 9.79. The first-order valence-electron chi connectivity index (χ1n) is 14.1. The van der Waals surface area contributed by atoms with Crippen molar-refractivity contribution in [3.8, 4) is 33.9 Å². The molecule has 0 aliphatic heterocycles. The summed E-state index contributed by atoms with van der Waals surface area (Å²) in [5.74, 6) is 1.22. The van der Waals surface area contributed by atoms with E-state index in [0.717, 1.165) is 30.2 Å². The third-order valence-corrected chi connectivity index (χ3v) is 7.41. The molecule has 0 amide bonds. The zero-order valence-electron chi connectivity index (χ0n) is 23.1. The summed E-state index contributed by atoms with van der Waals surface area (Å²) in [4.78, 5) is 2.31. The second kappa shape index (κ2) is 11.5. The Hall–Kier alpha value is -4.89. The Labute approximate surface area is 237 Å². The molecule has 0 aliphatic rings. The Morgan fingerprint density at radius 3 is 1.43 bits per heavy atom. The van der Waals surface area contributed by atoms with Crippen LogP contribution in [0.25, 0.3) is 33.9 Å². The number of hydrogen-bond acceptors (Lipinski definition) is 1. The van der Waals surface area contributed by atoms with E-state index in [9.17, 15) is 0 Å². The molecule has 3 heteroatoms. The Kier molecular flexibility index (Phi) is 7.28. The summed E-state index contributed by atoms with van der Waals surface area (Å²) in [6.45, 7) is 6.22. The predicted octanol–water partition coefficient (Wildman–Crippen LogP) is 9.29. The SMILES string of the molecule is CCn1c(-c2ccccc2)c(-c2ccccc2)[n+](CC)c1-c1ccc(N(c2ccccc2)c2ccccc2)cc1. The van der Waals surface area contributed by atoms with Gasteiger partial charge < -0.3 is 4.90 Å². The number of imidazole rings is 1. The standard InChI is InChI=1S/C37H34N3/c1-3-38-35(29-17-9-5-10-18-29)36(30-19-11-6-12-20-30)39(4-2)37(38)31-25-27-34(28-26-31)40(32-21-13-7-14-22-32)33-23-15-8-16-24-33/h5-28H,3-4H2,1-2H3/q+1. The van der Waals surface area contributed by atoms with Gasteiger partial charge in [-0.05, 0) is 62.4 Å². The summed E-state index contributed by atoms with van der Waals surface area (Å²) in [5, 5.41) is 0. The Morgan fingerprint density at radius 2 is 0.950 bits per heavy atom. The van der Waals surface area contributed by atoms with Crippen LogP contribution in [-0.4, -0.2) is 4.57 Å². The topological polar surface area (TPSA) is 12.0 Å². The lowest BCUT2D eigenvalue weighted by molar-refractivity contribution is -0.671. The molecule has 40 heavy (non-hydrogen) atoms. The van der Waals surface area contributed by atoms with Gasteiger partial charge in [-0.2, -0.15) is 0 Å². The molecule has 0 spiro atoms. The maximum atomic E-state index is 2.47. The molecule has 0 N–H and O–H groups in total. The Balaban J connectivity index is 1.53. The van der Waals surface area contributed by atoms with E-state index in [4.69, 9.17) is 0 Å². The first kappa shape index (κ1) is 25.4. The molecule has 1 aromatic heterocycles. The summed E-state index contributed by atoms with van der Waals surface area (Å²) in [6.07, 6.45) is 0. The first-order chi connectivity index (χ1) is 19.8. The summed E-state index contributed by atoms with van der Waals surface area (Å²) in [7, 11) is 0. The van der Waals surface area contributed by atoms with Crippen molar-refractivity contribution in [3.05, 3.63) is 146 Å². The van der Waals surface area contributed by atoms with E-state index in [-0.39, 0.29) is 0 Å². The van der Waals surface area contributed by atoms with E-state index < -0.39 is 0 Å². The van der Waals surface area contributed by atoms with Crippen LogP contribution in [0.3, 0.4) is 0 Å². The van der Waals surface area contributed by atoms with E-state index in [1.807, 2.05) is 0 Å². The molecular formula is C37H34N3+. The average Bonchev–Trinajstić information content (AvgIpc) is 3.38. The molecule has 0 bridgehead atoms. The lowest BCUT2D eigenvalue weighted by Gasteiger charge is -2.25. The Bertz CT molecular complexity index is 1570. The van der Waals surface area contributed by atoms with Crippen LogP contribution in [0.15, 0.2) is 146 Å². The molecule has 196 valence electrons. The van der Waals surface area contributed by atoms with Crippen LogP contribution in [0, 0.1) is 0 Å². The van der Waals surface area contributed by atoms with Crippen molar-refractivity contribution < 1.29 is 4.57 Å². The maximum absolute atomic E-state index is 2.47. The molecule has 0 saturated heterocycles. The van der Waals surface area contributed by atoms with Gasteiger partial charge in [-0.15, -0.1) is 0 Å². The number of rotatable bonds is 8. The normalized spacial score (nSPS) is 10.9.